The summed E-state index contributed by atoms with van der Waals surface area (Å²) in [5.41, 5.74) is 0. The van der Waals surface area contributed by atoms with Crippen molar-refractivity contribution in [3.05, 3.63) is 11.7 Å². The second-order valence-electron chi connectivity index (χ2n) is 6.95. The molecule has 1 fully saturated rings. The average Bonchev–Trinajstić information content (AvgIpc) is 3.07. The molecule has 7 nitrogen and oxygen atoms in total. The highest BCUT2D eigenvalue weighted by atomic mass is 16.5. The van der Waals surface area contributed by atoms with Crippen LogP contribution in [0.3, 0.4) is 0 Å². The number of rotatable bonds is 12. The van der Waals surface area contributed by atoms with Crippen LogP contribution in [0, 0.1) is 5.92 Å². The molecule has 1 aromatic rings. The average molecular weight is 353 g/mol. The van der Waals surface area contributed by atoms with Crippen molar-refractivity contribution in [2.75, 3.05) is 20.3 Å². The first-order valence-electron chi connectivity index (χ1n) is 9.43. The van der Waals surface area contributed by atoms with Crippen molar-refractivity contribution in [3.63, 3.8) is 0 Å². The van der Waals surface area contributed by atoms with E-state index in [1.54, 1.807) is 7.11 Å². The fraction of sp³-hybridized carbons (Fsp3) is 0.833. The van der Waals surface area contributed by atoms with Gasteiger partial charge >= 0.3 is 5.97 Å². The molecule has 1 unspecified atom stereocenters. The van der Waals surface area contributed by atoms with E-state index in [4.69, 9.17) is 9.26 Å². The number of carboxylic acid groups (broad SMARTS) is 1. The maximum atomic E-state index is 11.2. The van der Waals surface area contributed by atoms with E-state index in [0.717, 1.165) is 18.8 Å². The molecule has 1 heterocycles. The van der Waals surface area contributed by atoms with E-state index in [9.17, 15) is 9.90 Å². The predicted octanol–water partition coefficient (Wildman–Crippen LogP) is 3.11. The summed E-state index contributed by atoms with van der Waals surface area (Å²) in [6.07, 6.45) is 9.72. The Hall–Kier alpha value is -1.47. The lowest BCUT2D eigenvalue weighted by atomic mass is 9.84. The van der Waals surface area contributed by atoms with Crippen LogP contribution < -0.4 is 5.32 Å². The van der Waals surface area contributed by atoms with Crippen LogP contribution in [-0.4, -0.2) is 41.5 Å². The lowest BCUT2D eigenvalue weighted by Crippen LogP contribution is -2.19. The second kappa shape index (κ2) is 11.2. The van der Waals surface area contributed by atoms with Crippen molar-refractivity contribution in [1.29, 1.82) is 0 Å². The van der Waals surface area contributed by atoms with Crippen LogP contribution in [0.5, 0.6) is 0 Å². The number of carbonyl (C=O) groups is 1. The molecule has 1 atom stereocenters. The van der Waals surface area contributed by atoms with Gasteiger partial charge in [0.25, 0.3) is 0 Å². The molecule has 0 bridgehead atoms. The standard InChI is InChI=1S/C18H31N3O4/c1-24-11-10-19-13-16-20-18(25-21-16)15(12-17(22)23)9-5-8-14-6-3-2-4-7-14/h14-15,19H,2-13H2,1H3,(H,22,23). The van der Waals surface area contributed by atoms with Crippen LogP contribution in [0.4, 0.5) is 0 Å². The van der Waals surface area contributed by atoms with E-state index in [1.807, 2.05) is 0 Å². The number of nitrogens with one attached hydrogen (secondary N) is 1. The van der Waals surface area contributed by atoms with Gasteiger partial charge in [-0.1, -0.05) is 50.1 Å². The highest BCUT2D eigenvalue weighted by molar-refractivity contribution is 5.67. The maximum absolute atomic E-state index is 11.2. The monoisotopic (exact) mass is 353 g/mol. The molecule has 1 aromatic heterocycles. The van der Waals surface area contributed by atoms with Gasteiger partial charge in [0.15, 0.2) is 5.82 Å². The number of carboxylic acids is 1. The Labute approximate surface area is 149 Å². The summed E-state index contributed by atoms with van der Waals surface area (Å²) in [5.74, 6) is 0.813. The quantitative estimate of drug-likeness (QED) is 0.557. The summed E-state index contributed by atoms with van der Waals surface area (Å²) in [4.78, 5) is 15.6. The zero-order chi connectivity index (χ0) is 17.9. The van der Waals surface area contributed by atoms with E-state index < -0.39 is 5.97 Å². The third kappa shape index (κ3) is 7.52. The molecule has 2 rings (SSSR count). The smallest absolute Gasteiger partial charge is 0.304 e. The van der Waals surface area contributed by atoms with Crippen molar-refractivity contribution < 1.29 is 19.2 Å². The van der Waals surface area contributed by atoms with E-state index in [1.165, 1.54) is 38.5 Å². The third-order valence-electron chi connectivity index (χ3n) is 4.91. The minimum atomic E-state index is -0.819. The Morgan fingerprint density at radius 2 is 2.20 bits per heavy atom. The molecular weight excluding hydrogens is 322 g/mol. The number of hydrogen-bond acceptors (Lipinski definition) is 6. The van der Waals surface area contributed by atoms with Gasteiger partial charge in [-0.2, -0.15) is 4.98 Å². The van der Waals surface area contributed by atoms with Crippen LogP contribution in [0.1, 0.15) is 75.4 Å². The molecule has 0 amide bonds. The van der Waals surface area contributed by atoms with Crippen molar-refractivity contribution in [2.24, 2.45) is 5.92 Å². The second-order valence-corrected chi connectivity index (χ2v) is 6.95. The zero-order valence-corrected chi connectivity index (χ0v) is 15.2. The highest BCUT2D eigenvalue weighted by Gasteiger charge is 2.23. The molecule has 142 valence electrons. The number of ether oxygens (including phenoxy) is 1. The molecule has 25 heavy (non-hydrogen) atoms. The number of methoxy groups -OCH3 is 1. The summed E-state index contributed by atoms with van der Waals surface area (Å²) in [6, 6.07) is 0. The van der Waals surface area contributed by atoms with E-state index >= 15 is 0 Å². The first-order valence-corrected chi connectivity index (χ1v) is 9.43. The van der Waals surface area contributed by atoms with Crippen molar-refractivity contribution in [1.82, 2.24) is 15.5 Å². The fourth-order valence-electron chi connectivity index (χ4n) is 3.53. The van der Waals surface area contributed by atoms with Crippen LogP contribution in [0.15, 0.2) is 4.52 Å². The van der Waals surface area contributed by atoms with E-state index in [2.05, 4.69) is 15.5 Å². The molecule has 1 aliphatic rings. The molecule has 0 aliphatic heterocycles. The molecule has 1 saturated carbocycles. The number of aromatic nitrogens is 2. The zero-order valence-electron chi connectivity index (χ0n) is 15.2. The van der Waals surface area contributed by atoms with Crippen LogP contribution in [-0.2, 0) is 16.1 Å². The predicted molar refractivity (Wildman–Crippen MR) is 93.3 cm³/mol. The molecule has 1 aliphatic carbocycles. The molecule has 2 N–H and O–H groups in total. The van der Waals surface area contributed by atoms with Crippen molar-refractivity contribution in [2.45, 2.75) is 70.3 Å². The summed E-state index contributed by atoms with van der Waals surface area (Å²) in [7, 11) is 1.65. The Balaban J connectivity index is 1.81. The van der Waals surface area contributed by atoms with Gasteiger partial charge < -0.3 is 19.7 Å². The fourth-order valence-corrected chi connectivity index (χ4v) is 3.53. The molecule has 0 radical (unpaired) electrons. The number of aliphatic carboxylic acids is 1. The first kappa shape index (κ1) is 19.8. The maximum Gasteiger partial charge on any atom is 0.304 e. The summed E-state index contributed by atoms with van der Waals surface area (Å²) < 4.78 is 10.3. The van der Waals surface area contributed by atoms with Gasteiger partial charge in [0.2, 0.25) is 5.89 Å². The Kier molecular flexibility index (Phi) is 8.90. The van der Waals surface area contributed by atoms with Crippen molar-refractivity contribution >= 4 is 5.97 Å². The lowest BCUT2D eigenvalue weighted by Gasteiger charge is -2.21. The van der Waals surface area contributed by atoms with Gasteiger partial charge in [-0.15, -0.1) is 0 Å². The SMILES string of the molecule is COCCNCc1noc(C(CCCC2CCCCC2)CC(=O)O)n1. The Morgan fingerprint density at radius 1 is 1.40 bits per heavy atom. The van der Waals surface area contributed by atoms with Gasteiger partial charge in [0.05, 0.1) is 19.6 Å². The minimum absolute atomic E-state index is 0.0450. The third-order valence-corrected chi connectivity index (χ3v) is 4.91. The number of hydrogen-bond donors (Lipinski definition) is 2. The summed E-state index contributed by atoms with van der Waals surface area (Å²) >= 11 is 0. The van der Waals surface area contributed by atoms with Gasteiger partial charge in [-0.05, 0) is 12.3 Å². The molecule has 0 saturated heterocycles. The number of nitrogens with zero attached hydrogens (tertiary/aromatic N) is 2. The topological polar surface area (TPSA) is 97.5 Å². The van der Waals surface area contributed by atoms with Gasteiger partial charge in [-0.3, -0.25) is 4.79 Å². The summed E-state index contributed by atoms with van der Waals surface area (Å²) in [5, 5.41) is 16.3. The van der Waals surface area contributed by atoms with Crippen molar-refractivity contribution in [3.8, 4) is 0 Å². The lowest BCUT2D eigenvalue weighted by molar-refractivity contribution is -0.137. The molecule has 0 spiro atoms. The van der Waals surface area contributed by atoms with Crippen LogP contribution in [0.2, 0.25) is 0 Å². The van der Waals surface area contributed by atoms with Gasteiger partial charge in [-0.25, -0.2) is 0 Å². The van der Waals surface area contributed by atoms with Crippen LogP contribution in [0.25, 0.3) is 0 Å². The van der Waals surface area contributed by atoms with Crippen LogP contribution >= 0.6 is 0 Å². The normalized spacial score (nSPS) is 16.8. The van der Waals surface area contributed by atoms with E-state index in [-0.39, 0.29) is 12.3 Å². The van der Waals surface area contributed by atoms with Gasteiger partial charge in [0, 0.05) is 19.6 Å². The molecular formula is C18H31N3O4. The molecule has 7 heteroatoms. The Morgan fingerprint density at radius 3 is 2.92 bits per heavy atom. The first-order chi connectivity index (χ1) is 12.2. The van der Waals surface area contributed by atoms with E-state index in [0.29, 0.717) is 31.4 Å². The van der Waals surface area contributed by atoms with Gasteiger partial charge in [0.1, 0.15) is 0 Å². The highest BCUT2D eigenvalue weighted by Crippen LogP contribution is 2.31. The molecule has 0 aromatic carbocycles. The summed E-state index contributed by atoms with van der Waals surface area (Å²) in [6.45, 7) is 1.82. The largest absolute Gasteiger partial charge is 0.481 e. The minimum Gasteiger partial charge on any atom is -0.481 e. The Bertz CT molecular complexity index is 500.